The number of ether oxygens (including phenoxy) is 3. The van der Waals surface area contributed by atoms with E-state index in [0.29, 0.717) is 5.56 Å². The number of fused-ring (bicyclic) bond motifs is 1. The predicted molar refractivity (Wildman–Crippen MR) is 108 cm³/mol. The maximum absolute atomic E-state index is 12.3. The molecule has 0 spiro atoms. The monoisotopic (exact) mass is 404 g/mol. The summed E-state index contributed by atoms with van der Waals surface area (Å²) in [7, 11) is 2.76. The lowest BCUT2D eigenvalue weighted by atomic mass is 10.1. The van der Waals surface area contributed by atoms with E-state index in [-0.39, 0.29) is 45.5 Å². The summed E-state index contributed by atoms with van der Waals surface area (Å²) in [4.78, 5) is 12.3. The topological polar surface area (TPSA) is 119 Å². The van der Waals surface area contributed by atoms with E-state index in [2.05, 4.69) is 0 Å². The second kappa shape index (κ2) is 9.70. The van der Waals surface area contributed by atoms with Crippen LogP contribution >= 0.6 is 0 Å². The molecule has 0 amide bonds. The molecule has 1 heterocycles. The van der Waals surface area contributed by atoms with Crippen molar-refractivity contribution in [3.63, 3.8) is 0 Å². The van der Waals surface area contributed by atoms with Gasteiger partial charge in [0.2, 0.25) is 5.75 Å². The molecule has 3 rings (SSSR count). The fraction of sp³-hybridized carbons (Fsp3) is 0.286. The zero-order chi connectivity index (χ0) is 21.6. The van der Waals surface area contributed by atoms with Crippen LogP contribution in [0, 0.1) is 0 Å². The van der Waals surface area contributed by atoms with Gasteiger partial charge in [-0.3, -0.25) is 4.79 Å². The van der Waals surface area contributed by atoms with Gasteiger partial charge in [-0.25, -0.2) is 0 Å². The van der Waals surface area contributed by atoms with Gasteiger partial charge in [0.05, 0.1) is 14.2 Å². The van der Waals surface area contributed by atoms with Gasteiger partial charge in [0.1, 0.15) is 28.2 Å². The van der Waals surface area contributed by atoms with Crippen LogP contribution in [0.2, 0.25) is 0 Å². The molecule has 2 aromatic carbocycles. The highest BCUT2D eigenvalue weighted by molar-refractivity contribution is 5.86. The van der Waals surface area contributed by atoms with Crippen molar-refractivity contribution < 1.29 is 33.9 Å². The van der Waals surface area contributed by atoms with E-state index in [9.17, 15) is 20.1 Å². The van der Waals surface area contributed by atoms with Gasteiger partial charge in [0.15, 0.2) is 16.9 Å². The minimum Gasteiger partial charge on any atom is -0.508 e. The van der Waals surface area contributed by atoms with E-state index in [1.54, 1.807) is 0 Å². The molecule has 0 saturated heterocycles. The number of benzene rings is 2. The first-order valence-corrected chi connectivity index (χ1v) is 8.89. The molecule has 0 atom stereocenters. The maximum Gasteiger partial charge on any atom is 0.200 e. The lowest BCUT2D eigenvalue weighted by molar-refractivity contribution is 0.162. The molecular formula is C21H24O8. The number of phenolic OH excluding ortho intramolecular Hbond substituents is 3. The van der Waals surface area contributed by atoms with Crippen molar-refractivity contribution in [1.29, 1.82) is 0 Å². The van der Waals surface area contributed by atoms with Crippen LogP contribution in [-0.4, -0.2) is 42.8 Å². The summed E-state index contributed by atoms with van der Waals surface area (Å²) < 4.78 is 20.6. The van der Waals surface area contributed by atoms with Gasteiger partial charge in [0.25, 0.3) is 0 Å². The lowest BCUT2D eigenvalue weighted by Crippen LogP contribution is -2.01. The van der Waals surface area contributed by atoms with Crippen LogP contribution in [0.4, 0.5) is 0 Å². The van der Waals surface area contributed by atoms with Crippen molar-refractivity contribution in [3.8, 4) is 40.1 Å². The highest BCUT2D eigenvalue weighted by atomic mass is 16.5. The molecule has 1 aromatic heterocycles. The van der Waals surface area contributed by atoms with Crippen molar-refractivity contribution in [3.05, 3.63) is 40.6 Å². The highest BCUT2D eigenvalue weighted by Gasteiger charge is 2.16. The Labute approximate surface area is 167 Å². The predicted octanol–water partition coefficient (Wildman–Crippen LogP) is 3.64. The summed E-state index contributed by atoms with van der Waals surface area (Å²) in [6.07, 6.45) is 0. The van der Waals surface area contributed by atoms with Crippen molar-refractivity contribution >= 4 is 11.0 Å². The van der Waals surface area contributed by atoms with E-state index < -0.39 is 5.43 Å². The first-order valence-electron chi connectivity index (χ1n) is 8.89. The Balaban J connectivity index is 0.000000537. The molecule has 0 radical (unpaired) electrons. The molecule has 0 bridgehead atoms. The molecule has 0 fully saturated rings. The molecule has 8 nitrogen and oxygen atoms in total. The smallest absolute Gasteiger partial charge is 0.200 e. The van der Waals surface area contributed by atoms with E-state index >= 15 is 0 Å². The van der Waals surface area contributed by atoms with Gasteiger partial charge < -0.3 is 33.9 Å². The third-order valence-electron chi connectivity index (χ3n) is 3.97. The second-order valence-corrected chi connectivity index (χ2v) is 5.82. The standard InChI is InChI=1S/C17H14O7.C4H10O/c1-22-14-3-8(4-15(23-2)17(14)21)12-7-11(20)16-10(19)5-9(18)6-13(16)24-12;1-3-5-4-2/h3-7,18-19,21H,1-2H3;3-4H2,1-2H3. The van der Waals surface area contributed by atoms with Crippen molar-refractivity contribution in [2.45, 2.75) is 13.8 Å². The average Bonchev–Trinajstić information content (AvgIpc) is 2.68. The molecule has 156 valence electrons. The number of rotatable bonds is 5. The van der Waals surface area contributed by atoms with E-state index in [1.807, 2.05) is 13.8 Å². The summed E-state index contributed by atoms with van der Waals surface area (Å²) in [5.74, 6) is -0.333. The van der Waals surface area contributed by atoms with Gasteiger partial charge in [-0.15, -0.1) is 0 Å². The van der Waals surface area contributed by atoms with Gasteiger partial charge in [0, 0.05) is 37.0 Å². The third kappa shape index (κ3) is 4.91. The van der Waals surface area contributed by atoms with Crippen LogP contribution in [0.25, 0.3) is 22.3 Å². The Morgan fingerprint density at radius 3 is 1.97 bits per heavy atom. The minimum absolute atomic E-state index is 0.0287. The zero-order valence-corrected chi connectivity index (χ0v) is 16.7. The summed E-state index contributed by atoms with van der Waals surface area (Å²) in [6, 6.07) is 6.44. The van der Waals surface area contributed by atoms with Crippen molar-refractivity contribution in [2.75, 3.05) is 27.4 Å². The fourth-order valence-corrected chi connectivity index (χ4v) is 2.64. The average molecular weight is 404 g/mol. The van der Waals surface area contributed by atoms with Crippen LogP contribution in [0.5, 0.6) is 28.7 Å². The van der Waals surface area contributed by atoms with E-state index in [0.717, 1.165) is 19.3 Å². The largest absolute Gasteiger partial charge is 0.508 e. The molecule has 0 unspecified atom stereocenters. The molecule has 29 heavy (non-hydrogen) atoms. The van der Waals surface area contributed by atoms with Crippen LogP contribution in [-0.2, 0) is 4.74 Å². The normalized spacial score (nSPS) is 10.3. The Kier molecular flexibility index (Phi) is 7.33. The molecular weight excluding hydrogens is 380 g/mol. The number of hydrogen-bond donors (Lipinski definition) is 3. The third-order valence-corrected chi connectivity index (χ3v) is 3.97. The number of methoxy groups -OCH3 is 2. The van der Waals surface area contributed by atoms with Crippen molar-refractivity contribution in [2.24, 2.45) is 0 Å². The first kappa shape index (κ1) is 21.9. The maximum atomic E-state index is 12.3. The summed E-state index contributed by atoms with van der Waals surface area (Å²) in [5.41, 5.74) is -0.0286. The Hall–Kier alpha value is -3.39. The van der Waals surface area contributed by atoms with Crippen molar-refractivity contribution in [1.82, 2.24) is 0 Å². The molecule has 0 aliphatic heterocycles. The first-order chi connectivity index (χ1) is 13.9. The molecule has 0 aliphatic rings. The molecule has 0 aliphatic carbocycles. The van der Waals surface area contributed by atoms with Gasteiger partial charge in [-0.2, -0.15) is 0 Å². The SMILES string of the molecule is CCOCC.COc1cc(-c2cc(=O)c3c(O)cc(O)cc3o2)cc(OC)c1O. The summed E-state index contributed by atoms with van der Waals surface area (Å²) >= 11 is 0. The minimum atomic E-state index is -0.477. The Bertz CT molecular complexity index is 1010. The van der Waals surface area contributed by atoms with Gasteiger partial charge in [-0.1, -0.05) is 0 Å². The highest BCUT2D eigenvalue weighted by Crippen LogP contribution is 2.40. The molecule has 3 aromatic rings. The second-order valence-electron chi connectivity index (χ2n) is 5.82. The van der Waals surface area contributed by atoms with Crippen LogP contribution in [0.15, 0.2) is 39.5 Å². The number of phenols is 3. The van der Waals surface area contributed by atoms with Crippen LogP contribution < -0.4 is 14.9 Å². The Morgan fingerprint density at radius 2 is 1.48 bits per heavy atom. The molecule has 0 saturated carbocycles. The van der Waals surface area contributed by atoms with Crippen LogP contribution in [0.3, 0.4) is 0 Å². The molecule has 3 N–H and O–H groups in total. The number of aromatic hydroxyl groups is 3. The lowest BCUT2D eigenvalue weighted by Gasteiger charge is -2.11. The molecule has 8 heteroatoms. The Morgan fingerprint density at radius 1 is 0.897 bits per heavy atom. The fourth-order valence-electron chi connectivity index (χ4n) is 2.64. The van der Waals surface area contributed by atoms with Gasteiger partial charge >= 0.3 is 0 Å². The number of hydrogen-bond acceptors (Lipinski definition) is 8. The van der Waals surface area contributed by atoms with E-state index in [4.69, 9.17) is 18.6 Å². The zero-order valence-electron chi connectivity index (χ0n) is 16.7. The quantitative estimate of drug-likeness (QED) is 0.590. The summed E-state index contributed by atoms with van der Waals surface area (Å²) in [6.45, 7) is 5.67. The summed E-state index contributed by atoms with van der Waals surface area (Å²) in [5, 5.41) is 29.3. The van der Waals surface area contributed by atoms with Gasteiger partial charge in [-0.05, 0) is 26.0 Å². The van der Waals surface area contributed by atoms with Crippen LogP contribution in [0.1, 0.15) is 13.8 Å². The van der Waals surface area contributed by atoms with E-state index in [1.165, 1.54) is 38.5 Å².